The SMILES string of the molecule is C#CCN(SC1(O)CCc2ccccc21)c1ccc(C[N+](=O)[O-])cc1. The molecular weight excluding hydrogens is 336 g/mol. The normalized spacial score (nSPS) is 18.4. The Bertz CT molecular complexity index is 816. The van der Waals surface area contributed by atoms with Gasteiger partial charge in [-0.05, 0) is 48.0 Å². The van der Waals surface area contributed by atoms with E-state index in [0.717, 1.165) is 23.2 Å². The molecule has 0 saturated carbocycles. The number of hydrogen-bond donors (Lipinski definition) is 1. The van der Waals surface area contributed by atoms with Crippen molar-refractivity contribution in [3.8, 4) is 12.3 Å². The van der Waals surface area contributed by atoms with E-state index in [1.807, 2.05) is 28.6 Å². The van der Waals surface area contributed by atoms with Gasteiger partial charge >= 0.3 is 0 Å². The number of aryl methyl sites for hydroxylation is 1. The van der Waals surface area contributed by atoms with Crippen LogP contribution in [0.5, 0.6) is 0 Å². The first-order valence-corrected chi connectivity index (χ1v) is 8.71. The highest BCUT2D eigenvalue weighted by Crippen LogP contribution is 2.47. The first-order valence-electron chi connectivity index (χ1n) is 7.93. The zero-order valence-corrected chi connectivity index (χ0v) is 14.4. The summed E-state index contributed by atoms with van der Waals surface area (Å²) in [5.74, 6) is 2.61. The van der Waals surface area contributed by atoms with Crippen molar-refractivity contribution in [1.82, 2.24) is 0 Å². The van der Waals surface area contributed by atoms with Gasteiger partial charge in [0.2, 0.25) is 6.54 Å². The molecule has 0 aromatic heterocycles. The predicted octanol–water partition coefficient (Wildman–Crippen LogP) is 3.34. The van der Waals surface area contributed by atoms with Crippen LogP contribution in [0.4, 0.5) is 5.69 Å². The van der Waals surface area contributed by atoms with Crippen LogP contribution < -0.4 is 4.31 Å². The molecule has 0 amide bonds. The molecule has 1 atom stereocenters. The molecular formula is C19H18N2O3S. The van der Waals surface area contributed by atoms with E-state index in [9.17, 15) is 15.2 Å². The summed E-state index contributed by atoms with van der Waals surface area (Å²) in [7, 11) is 0. The maximum Gasteiger partial charge on any atom is 0.228 e. The highest BCUT2D eigenvalue weighted by Gasteiger charge is 2.39. The molecule has 128 valence electrons. The van der Waals surface area contributed by atoms with Gasteiger partial charge in [-0.2, -0.15) is 0 Å². The number of aliphatic hydroxyl groups is 1. The smallest absolute Gasteiger partial charge is 0.228 e. The second kappa shape index (κ2) is 7.18. The van der Waals surface area contributed by atoms with Crippen molar-refractivity contribution in [2.45, 2.75) is 24.3 Å². The van der Waals surface area contributed by atoms with Crippen molar-refractivity contribution >= 4 is 17.6 Å². The van der Waals surface area contributed by atoms with Crippen molar-refractivity contribution in [2.24, 2.45) is 0 Å². The molecule has 0 radical (unpaired) electrons. The highest BCUT2D eigenvalue weighted by atomic mass is 32.2. The molecule has 2 aromatic rings. The first-order chi connectivity index (χ1) is 12.0. The number of nitro groups is 1. The van der Waals surface area contributed by atoms with Gasteiger partial charge in [-0.3, -0.25) is 10.1 Å². The summed E-state index contributed by atoms with van der Waals surface area (Å²) in [6.07, 6.45) is 6.95. The van der Waals surface area contributed by atoms with Crippen molar-refractivity contribution in [3.63, 3.8) is 0 Å². The molecule has 6 heteroatoms. The van der Waals surface area contributed by atoms with Crippen LogP contribution in [0.2, 0.25) is 0 Å². The van der Waals surface area contributed by atoms with E-state index >= 15 is 0 Å². The Morgan fingerprint density at radius 1 is 1.28 bits per heavy atom. The fourth-order valence-electron chi connectivity index (χ4n) is 3.01. The van der Waals surface area contributed by atoms with Gasteiger partial charge in [-0.1, -0.05) is 42.3 Å². The zero-order chi connectivity index (χ0) is 17.9. The molecule has 5 nitrogen and oxygen atoms in total. The molecule has 0 bridgehead atoms. The summed E-state index contributed by atoms with van der Waals surface area (Å²) >= 11 is 1.31. The Hall–Kier alpha value is -2.49. The molecule has 0 heterocycles. The first kappa shape index (κ1) is 17.3. The minimum absolute atomic E-state index is 0.208. The van der Waals surface area contributed by atoms with Crippen LogP contribution in [0.25, 0.3) is 0 Å². The predicted molar refractivity (Wildman–Crippen MR) is 99.6 cm³/mol. The lowest BCUT2D eigenvalue weighted by Gasteiger charge is -2.31. The second-order valence-corrected chi connectivity index (χ2v) is 7.23. The fraction of sp³-hybridized carbons (Fsp3) is 0.263. The fourth-order valence-corrected chi connectivity index (χ4v) is 4.23. The molecule has 25 heavy (non-hydrogen) atoms. The third kappa shape index (κ3) is 3.78. The summed E-state index contributed by atoms with van der Waals surface area (Å²) in [5.41, 5.74) is 3.52. The van der Waals surface area contributed by atoms with Crippen LogP contribution in [0.1, 0.15) is 23.1 Å². The molecule has 0 fully saturated rings. The number of anilines is 1. The van der Waals surface area contributed by atoms with Crippen LogP contribution in [0.15, 0.2) is 48.5 Å². The van der Waals surface area contributed by atoms with Gasteiger partial charge in [-0.15, -0.1) is 6.42 Å². The maximum absolute atomic E-state index is 11.1. The number of hydrogen-bond acceptors (Lipinski definition) is 5. The lowest BCUT2D eigenvalue weighted by molar-refractivity contribution is -0.496. The summed E-state index contributed by atoms with van der Waals surface area (Å²) in [6.45, 7) is 0.115. The Labute approximate surface area is 151 Å². The number of benzene rings is 2. The Kier molecular flexibility index (Phi) is 4.98. The molecule has 3 rings (SSSR count). The van der Waals surface area contributed by atoms with Gasteiger partial charge in [0, 0.05) is 16.2 Å². The van der Waals surface area contributed by atoms with Gasteiger partial charge in [0.1, 0.15) is 0 Å². The molecule has 0 aliphatic heterocycles. The minimum Gasteiger partial charge on any atom is -0.373 e. The van der Waals surface area contributed by atoms with Crippen molar-refractivity contribution in [1.29, 1.82) is 0 Å². The summed E-state index contributed by atoms with van der Waals surface area (Å²) in [5, 5.41) is 21.7. The van der Waals surface area contributed by atoms with Crippen LogP contribution in [0, 0.1) is 22.5 Å². The molecule has 1 aliphatic carbocycles. The van der Waals surface area contributed by atoms with Crippen molar-refractivity contribution < 1.29 is 10.0 Å². The van der Waals surface area contributed by atoms with Crippen LogP contribution in [-0.4, -0.2) is 16.6 Å². The van der Waals surface area contributed by atoms with E-state index in [4.69, 9.17) is 6.42 Å². The molecule has 0 spiro atoms. The van der Waals surface area contributed by atoms with Gasteiger partial charge in [-0.25, -0.2) is 0 Å². The molecule has 1 aliphatic rings. The van der Waals surface area contributed by atoms with Crippen LogP contribution >= 0.6 is 11.9 Å². The number of fused-ring (bicyclic) bond motifs is 1. The Balaban J connectivity index is 1.83. The molecule has 2 aromatic carbocycles. The van der Waals surface area contributed by atoms with E-state index in [0.29, 0.717) is 18.5 Å². The van der Waals surface area contributed by atoms with Crippen molar-refractivity contribution in [3.05, 3.63) is 75.3 Å². The van der Waals surface area contributed by atoms with Crippen molar-refractivity contribution in [2.75, 3.05) is 10.8 Å². The zero-order valence-electron chi connectivity index (χ0n) is 13.6. The lowest BCUT2D eigenvalue weighted by Crippen LogP contribution is -2.27. The van der Waals surface area contributed by atoms with Gasteiger partial charge < -0.3 is 9.41 Å². The Morgan fingerprint density at radius 3 is 2.68 bits per heavy atom. The van der Waals surface area contributed by atoms with Crippen LogP contribution in [0.3, 0.4) is 0 Å². The van der Waals surface area contributed by atoms with E-state index in [1.165, 1.54) is 11.9 Å². The number of nitrogens with zero attached hydrogens (tertiary/aromatic N) is 2. The number of rotatable bonds is 6. The van der Waals surface area contributed by atoms with E-state index < -0.39 is 4.93 Å². The Morgan fingerprint density at radius 2 is 2.00 bits per heavy atom. The summed E-state index contributed by atoms with van der Waals surface area (Å²) in [4.78, 5) is 9.23. The maximum atomic E-state index is 11.1. The topological polar surface area (TPSA) is 66.6 Å². The van der Waals surface area contributed by atoms with E-state index in [1.54, 1.807) is 24.3 Å². The second-order valence-electron chi connectivity index (χ2n) is 5.93. The minimum atomic E-state index is -1.02. The van der Waals surface area contributed by atoms with Gasteiger partial charge in [0.05, 0.1) is 6.54 Å². The van der Waals surface area contributed by atoms with E-state index in [2.05, 4.69) is 5.92 Å². The monoisotopic (exact) mass is 354 g/mol. The lowest BCUT2D eigenvalue weighted by atomic mass is 10.1. The summed E-state index contributed by atoms with van der Waals surface area (Å²) < 4.78 is 1.86. The number of terminal acetylenes is 1. The average molecular weight is 354 g/mol. The van der Waals surface area contributed by atoms with Gasteiger partial charge in [0.15, 0.2) is 4.93 Å². The third-order valence-electron chi connectivity index (χ3n) is 4.20. The van der Waals surface area contributed by atoms with Crippen LogP contribution in [-0.2, 0) is 17.9 Å². The highest BCUT2D eigenvalue weighted by molar-refractivity contribution is 8.01. The standard InChI is InChI=1S/C19H18N2O3S/c1-2-13-20(17-9-7-15(8-10-17)14-21(23)24)25-19(22)12-11-16-5-3-4-6-18(16)19/h1,3-10,22H,11-14H2. The summed E-state index contributed by atoms with van der Waals surface area (Å²) in [6, 6.07) is 14.9. The third-order valence-corrected chi connectivity index (χ3v) is 5.49. The largest absolute Gasteiger partial charge is 0.373 e. The molecule has 0 saturated heterocycles. The quantitative estimate of drug-likeness (QED) is 0.283. The molecule has 1 N–H and O–H groups in total. The molecule has 1 unspecified atom stereocenters. The van der Waals surface area contributed by atoms with E-state index in [-0.39, 0.29) is 11.5 Å². The average Bonchev–Trinajstić information content (AvgIpc) is 2.92. The van der Waals surface area contributed by atoms with Gasteiger partial charge in [0.25, 0.3) is 0 Å².